The van der Waals surface area contributed by atoms with Crippen molar-refractivity contribution in [3.05, 3.63) is 0 Å². The number of amides is 2. The van der Waals surface area contributed by atoms with Crippen molar-refractivity contribution in [3.63, 3.8) is 0 Å². The lowest BCUT2D eigenvalue weighted by atomic mass is 9.72. The summed E-state index contributed by atoms with van der Waals surface area (Å²) in [4.78, 5) is 26.4. The normalized spacial score (nSPS) is 25.1. The molecule has 14 heavy (non-hydrogen) atoms. The van der Waals surface area contributed by atoms with E-state index in [9.17, 15) is 9.59 Å². The molecule has 0 aromatic rings. The first-order chi connectivity index (χ1) is 6.45. The maximum atomic E-state index is 11.6. The molecule has 4 heteroatoms. The molecule has 80 valence electrons. The van der Waals surface area contributed by atoms with Gasteiger partial charge in [-0.3, -0.25) is 9.59 Å². The third-order valence-corrected chi connectivity index (χ3v) is 2.79. The molecule has 0 saturated heterocycles. The molecule has 1 aliphatic carbocycles. The first-order valence-electron chi connectivity index (χ1n) is 4.87. The summed E-state index contributed by atoms with van der Waals surface area (Å²) in [6, 6.07) is 0. The summed E-state index contributed by atoms with van der Waals surface area (Å²) in [6.07, 6.45) is 1.70. The number of hydrogen-bond donors (Lipinski definition) is 0. The fraction of sp³-hybridized carbons (Fsp3) is 0.800. The van der Waals surface area contributed by atoms with E-state index in [-0.39, 0.29) is 23.7 Å². The molecule has 1 rings (SSSR count). The monoisotopic (exact) mass is 198 g/mol. The summed E-state index contributed by atoms with van der Waals surface area (Å²) >= 11 is 0. The van der Waals surface area contributed by atoms with E-state index in [2.05, 4.69) is 0 Å². The van der Waals surface area contributed by atoms with Gasteiger partial charge in [0.15, 0.2) is 0 Å². The van der Waals surface area contributed by atoms with Crippen LogP contribution < -0.4 is 0 Å². The van der Waals surface area contributed by atoms with Crippen LogP contribution in [0.25, 0.3) is 0 Å². The van der Waals surface area contributed by atoms with E-state index in [1.54, 1.807) is 38.0 Å². The SMILES string of the molecule is CN(C)C(=O)C1CCC1C(=O)N(C)C. The van der Waals surface area contributed by atoms with Crippen LogP contribution in [0.1, 0.15) is 12.8 Å². The van der Waals surface area contributed by atoms with Crippen LogP contribution >= 0.6 is 0 Å². The number of hydrogen-bond acceptors (Lipinski definition) is 2. The Morgan fingerprint density at radius 1 is 0.857 bits per heavy atom. The molecule has 0 bridgehead atoms. The summed E-state index contributed by atoms with van der Waals surface area (Å²) in [5, 5.41) is 0. The lowest BCUT2D eigenvalue weighted by Gasteiger charge is -2.37. The molecule has 2 unspecified atom stereocenters. The zero-order chi connectivity index (χ0) is 10.9. The van der Waals surface area contributed by atoms with E-state index >= 15 is 0 Å². The minimum absolute atomic E-state index is 0.0800. The Morgan fingerprint density at radius 2 is 1.14 bits per heavy atom. The maximum absolute atomic E-state index is 11.6. The topological polar surface area (TPSA) is 40.6 Å². The van der Waals surface area contributed by atoms with Crippen LogP contribution in [-0.2, 0) is 9.59 Å². The molecule has 0 aromatic carbocycles. The summed E-state index contributed by atoms with van der Waals surface area (Å²) in [6.45, 7) is 0. The van der Waals surface area contributed by atoms with Gasteiger partial charge >= 0.3 is 0 Å². The van der Waals surface area contributed by atoms with Gasteiger partial charge in [0.2, 0.25) is 11.8 Å². The zero-order valence-electron chi connectivity index (χ0n) is 9.28. The Morgan fingerprint density at radius 3 is 1.29 bits per heavy atom. The molecule has 0 aromatic heterocycles. The van der Waals surface area contributed by atoms with Crippen molar-refractivity contribution in [3.8, 4) is 0 Å². The van der Waals surface area contributed by atoms with Gasteiger partial charge < -0.3 is 9.80 Å². The zero-order valence-corrected chi connectivity index (χ0v) is 9.28. The van der Waals surface area contributed by atoms with Gasteiger partial charge in [0, 0.05) is 40.0 Å². The second kappa shape index (κ2) is 3.98. The van der Waals surface area contributed by atoms with Crippen LogP contribution in [0.4, 0.5) is 0 Å². The summed E-state index contributed by atoms with van der Waals surface area (Å²) < 4.78 is 0. The summed E-state index contributed by atoms with van der Waals surface area (Å²) in [5.41, 5.74) is 0. The average molecular weight is 198 g/mol. The van der Waals surface area contributed by atoms with Crippen LogP contribution in [0.3, 0.4) is 0 Å². The minimum Gasteiger partial charge on any atom is -0.349 e. The highest BCUT2D eigenvalue weighted by molar-refractivity contribution is 5.88. The van der Waals surface area contributed by atoms with Gasteiger partial charge in [-0.2, -0.15) is 0 Å². The quantitative estimate of drug-likeness (QED) is 0.635. The van der Waals surface area contributed by atoms with Crippen molar-refractivity contribution < 1.29 is 9.59 Å². The Balaban J connectivity index is 2.59. The Hall–Kier alpha value is -1.06. The highest BCUT2D eigenvalue weighted by Gasteiger charge is 2.42. The lowest BCUT2D eigenvalue weighted by Crippen LogP contribution is -2.47. The standard InChI is InChI=1S/C10H18N2O2/c1-11(2)9(13)7-5-6-8(7)10(14)12(3)4/h7-8H,5-6H2,1-4H3. The third-order valence-electron chi connectivity index (χ3n) is 2.79. The highest BCUT2D eigenvalue weighted by Crippen LogP contribution is 2.36. The van der Waals surface area contributed by atoms with Gasteiger partial charge in [0.05, 0.1) is 0 Å². The average Bonchev–Trinajstić information content (AvgIpc) is 2.01. The predicted molar refractivity (Wildman–Crippen MR) is 53.6 cm³/mol. The fourth-order valence-corrected chi connectivity index (χ4v) is 1.75. The van der Waals surface area contributed by atoms with E-state index in [1.165, 1.54) is 0 Å². The minimum atomic E-state index is -0.0834. The van der Waals surface area contributed by atoms with Crippen LogP contribution in [0, 0.1) is 11.8 Å². The molecule has 2 amide bonds. The molecule has 0 radical (unpaired) electrons. The number of nitrogens with zero attached hydrogens (tertiary/aromatic N) is 2. The van der Waals surface area contributed by atoms with Crippen molar-refractivity contribution in [2.75, 3.05) is 28.2 Å². The molecular weight excluding hydrogens is 180 g/mol. The van der Waals surface area contributed by atoms with Crippen molar-refractivity contribution >= 4 is 11.8 Å². The molecule has 1 aliphatic rings. The maximum Gasteiger partial charge on any atom is 0.225 e. The van der Waals surface area contributed by atoms with E-state index < -0.39 is 0 Å². The highest BCUT2D eigenvalue weighted by atomic mass is 16.2. The van der Waals surface area contributed by atoms with Gasteiger partial charge in [-0.15, -0.1) is 0 Å². The van der Waals surface area contributed by atoms with Gasteiger partial charge in [-0.1, -0.05) is 0 Å². The summed E-state index contributed by atoms with van der Waals surface area (Å²) in [7, 11) is 6.94. The van der Waals surface area contributed by atoms with E-state index in [0.29, 0.717) is 0 Å². The number of rotatable bonds is 2. The van der Waals surface area contributed by atoms with Crippen LogP contribution in [0.15, 0.2) is 0 Å². The summed E-state index contributed by atoms with van der Waals surface area (Å²) in [5.74, 6) is -0.00676. The van der Waals surface area contributed by atoms with Crippen molar-refractivity contribution in [2.45, 2.75) is 12.8 Å². The van der Waals surface area contributed by atoms with Crippen LogP contribution in [-0.4, -0.2) is 49.8 Å². The lowest BCUT2D eigenvalue weighted by molar-refractivity contribution is -0.149. The van der Waals surface area contributed by atoms with Crippen molar-refractivity contribution in [1.29, 1.82) is 0 Å². The third kappa shape index (κ3) is 1.89. The fourth-order valence-electron chi connectivity index (χ4n) is 1.75. The van der Waals surface area contributed by atoms with Crippen molar-refractivity contribution in [1.82, 2.24) is 9.80 Å². The Kier molecular flexibility index (Phi) is 3.13. The van der Waals surface area contributed by atoms with Gasteiger partial charge in [0.25, 0.3) is 0 Å². The number of carbonyl (C=O) groups is 2. The first kappa shape index (κ1) is 11.0. The van der Waals surface area contributed by atoms with Crippen LogP contribution in [0.5, 0.6) is 0 Å². The molecule has 0 N–H and O–H groups in total. The Bertz CT molecular complexity index is 223. The van der Waals surface area contributed by atoms with Gasteiger partial charge in [0.1, 0.15) is 0 Å². The van der Waals surface area contributed by atoms with E-state index in [0.717, 1.165) is 12.8 Å². The molecular formula is C10H18N2O2. The molecule has 4 nitrogen and oxygen atoms in total. The molecule has 0 aliphatic heterocycles. The molecule has 1 saturated carbocycles. The molecule has 0 spiro atoms. The molecule has 1 fully saturated rings. The van der Waals surface area contributed by atoms with Gasteiger partial charge in [-0.05, 0) is 12.8 Å². The first-order valence-corrected chi connectivity index (χ1v) is 4.87. The second-order valence-electron chi connectivity index (χ2n) is 4.26. The second-order valence-corrected chi connectivity index (χ2v) is 4.26. The number of carbonyl (C=O) groups excluding carboxylic acids is 2. The predicted octanol–water partition coefficient (Wildman–Crippen LogP) is 0.189. The van der Waals surface area contributed by atoms with Gasteiger partial charge in [-0.25, -0.2) is 0 Å². The Labute approximate surface area is 84.9 Å². The van der Waals surface area contributed by atoms with E-state index in [1.807, 2.05) is 0 Å². The molecule has 2 atom stereocenters. The molecule has 0 heterocycles. The largest absolute Gasteiger partial charge is 0.349 e. The van der Waals surface area contributed by atoms with Crippen molar-refractivity contribution in [2.24, 2.45) is 11.8 Å². The van der Waals surface area contributed by atoms with E-state index in [4.69, 9.17) is 0 Å². The van der Waals surface area contributed by atoms with Crippen LogP contribution in [0.2, 0.25) is 0 Å². The smallest absolute Gasteiger partial charge is 0.225 e.